The average molecular weight is 327 g/mol. The third-order valence-electron chi connectivity index (χ3n) is 4.40. The summed E-state index contributed by atoms with van der Waals surface area (Å²) in [4.78, 5) is 7.13. The van der Waals surface area contributed by atoms with Gasteiger partial charge in [0.2, 0.25) is 0 Å². The van der Waals surface area contributed by atoms with E-state index in [1.54, 1.807) is 0 Å². The third-order valence-corrected chi connectivity index (χ3v) is 4.67. The van der Waals surface area contributed by atoms with Crippen LogP contribution in [0.3, 0.4) is 0 Å². The largest absolute Gasteiger partial charge is 0.303 e. The van der Waals surface area contributed by atoms with Gasteiger partial charge >= 0.3 is 0 Å². The second kappa shape index (κ2) is 8.28. The zero-order chi connectivity index (χ0) is 15.9. The SMILES string of the molecule is ClCCCN1CCC(=C(c2ccccc2)c2ccccn2)CC1. The smallest absolute Gasteiger partial charge is 0.0707 e. The Morgan fingerprint density at radius 2 is 1.74 bits per heavy atom. The number of aromatic nitrogens is 1. The Labute approximate surface area is 143 Å². The molecule has 1 aromatic carbocycles. The summed E-state index contributed by atoms with van der Waals surface area (Å²) >= 11 is 5.82. The van der Waals surface area contributed by atoms with Gasteiger partial charge in [0.05, 0.1) is 5.69 Å². The van der Waals surface area contributed by atoms with Gasteiger partial charge in [0.15, 0.2) is 0 Å². The van der Waals surface area contributed by atoms with Crippen molar-refractivity contribution in [3.8, 4) is 0 Å². The molecule has 1 aliphatic rings. The molecule has 0 amide bonds. The minimum absolute atomic E-state index is 0.752. The van der Waals surface area contributed by atoms with Crippen LogP contribution in [0.4, 0.5) is 0 Å². The van der Waals surface area contributed by atoms with E-state index >= 15 is 0 Å². The molecule has 2 heterocycles. The van der Waals surface area contributed by atoms with Crippen LogP contribution < -0.4 is 0 Å². The molecule has 1 fully saturated rings. The maximum Gasteiger partial charge on any atom is 0.0707 e. The Kier molecular flexibility index (Phi) is 5.84. The number of hydrogen-bond acceptors (Lipinski definition) is 2. The minimum atomic E-state index is 0.752. The summed E-state index contributed by atoms with van der Waals surface area (Å²) in [7, 11) is 0. The molecule has 120 valence electrons. The van der Waals surface area contributed by atoms with Crippen molar-refractivity contribution in [1.29, 1.82) is 0 Å². The first-order valence-corrected chi connectivity index (χ1v) is 8.89. The Hall–Kier alpha value is -1.64. The summed E-state index contributed by atoms with van der Waals surface area (Å²) in [5, 5.41) is 0. The highest BCUT2D eigenvalue weighted by molar-refractivity contribution is 6.17. The van der Waals surface area contributed by atoms with Crippen molar-refractivity contribution in [3.63, 3.8) is 0 Å². The second-order valence-corrected chi connectivity index (χ2v) is 6.32. The Balaban J connectivity index is 1.88. The maximum absolute atomic E-state index is 5.82. The quantitative estimate of drug-likeness (QED) is 0.746. The molecule has 0 radical (unpaired) electrons. The van der Waals surface area contributed by atoms with Crippen LogP contribution in [0.2, 0.25) is 0 Å². The number of benzene rings is 1. The number of pyridine rings is 1. The number of halogens is 1. The molecule has 1 aliphatic heterocycles. The molecule has 2 aromatic rings. The fourth-order valence-electron chi connectivity index (χ4n) is 3.23. The van der Waals surface area contributed by atoms with E-state index in [0.29, 0.717) is 0 Å². The van der Waals surface area contributed by atoms with E-state index in [0.717, 1.165) is 50.5 Å². The van der Waals surface area contributed by atoms with Gasteiger partial charge in [-0.05, 0) is 43.5 Å². The number of alkyl halides is 1. The van der Waals surface area contributed by atoms with Crippen molar-refractivity contribution >= 4 is 17.2 Å². The van der Waals surface area contributed by atoms with Crippen molar-refractivity contribution < 1.29 is 0 Å². The molecular formula is C20H23ClN2. The highest BCUT2D eigenvalue weighted by Crippen LogP contribution is 2.31. The lowest BCUT2D eigenvalue weighted by atomic mass is 9.90. The van der Waals surface area contributed by atoms with Gasteiger partial charge in [-0.15, -0.1) is 11.6 Å². The van der Waals surface area contributed by atoms with Crippen LogP contribution in [0.15, 0.2) is 60.3 Å². The van der Waals surface area contributed by atoms with Gasteiger partial charge in [-0.25, -0.2) is 0 Å². The van der Waals surface area contributed by atoms with Crippen LogP contribution in [-0.2, 0) is 0 Å². The molecule has 3 rings (SSSR count). The Morgan fingerprint density at radius 3 is 2.39 bits per heavy atom. The van der Waals surface area contributed by atoms with E-state index in [1.807, 2.05) is 12.3 Å². The predicted molar refractivity (Wildman–Crippen MR) is 97.7 cm³/mol. The van der Waals surface area contributed by atoms with Crippen molar-refractivity contribution in [2.24, 2.45) is 0 Å². The van der Waals surface area contributed by atoms with E-state index in [9.17, 15) is 0 Å². The van der Waals surface area contributed by atoms with Crippen LogP contribution in [0, 0.1) is 0 Å². The molecule has 0 unspecified atom stereocenters. The number of likely N-dealkylation sites (tertiary alicyclic amines) is 1. The van der Waals surface area contributed by atoms with E-state index in [1.165, 1.54) is 16.7 Å². The summed E-state index contributed by atoms with van der Waals surface area (Å²) in [6.07, 6.45) is 5.19. The average Bonchev–Trinajstić information content (AvgIpc) is 2.63. The molecule has 0 atom stereocenters. The summed E-state index contributed by atoms with van der Waals surface area (Å²) in [5.41, 5.74) is 5.21. The lowest BCUT2D eigenvalue weighted by Gasteiger charge is -2.29. The molecule has 0 bridgehead atoms. The van der Waals surface area contributed by atoms with E-state index in [2.05, 4.69) is 52.3 Å². The molecule has 0 N–H and O–H groups in total. The molecule has 0 spiro atoms. The fourth-order valence-corrected chi connectivity index (χ4v) is 3.35. The van der Waals surface area contributed by atoms with Gasteiger partial charge in [0, 0.05) is 30.7 Å². The first kappa shape index (κ1) is 16.2. The zero-order valence-electron chi connectivity index (χ0n) is 13.4. The topological polar surface area (TPSA) is 16.1 Å². The van der Waals surface area contributed by atoms with Gasteiger partial charge in [0.25, 0.3) is 0 Å². The summed E-state index contributed by atoms with van der Waals surface area (Å²) < 4.78 is 0. The van der Waals surface area contributed by atoms with Gasteiger partial charge in [-0.2, -0.15) is 0 Å². The van der Waals surface area contributed by atoms with Crippen LogP contribution in [0.5, 0.6) is 0 Å². The molecule has 1 aromatic heterocycles. The Morgan fingerprint density at radius 1 is 1.00 bits per heavy atom. The van der Waals surface area contributed by atoms with Gasteiger partial charge in [-0.3, -0.25) is 4.98 Å². The fraction of sp³-hybridized carbons (Fsp3) is 0.350. The van der Waals surface area contributed by atoms with Crippen molar-refractivity contribution in [2.75, 3.05) is 25.5 Å². The van der Waals surface area contributed by atoms with Gasteiger partial charge in [0.1, 0.15) is 0 Å². The number of hydrogen-bond donors (Lipinski definition) is 0. The van der Waals surface area contributed by atoms with E-state index in [-0.39, 0.29) is 0 Å². The predicted octanol–water partition coefficient (Wildman–Crippen LogP) is 4.61. The molecular weight excluding hydrogens is 304 g/mol. The minimum Gasteiger partial charge on any atom is -0.303 e. The highest BCUT2D eigenvalue weighted by Gasteiger charge is 2.19. The van der Waals surface area contributed by atoms with E-state index < -0.39 is 0 Å². The van der Waals surface area contributed by atoms with Crippen molar-refractivity contribution in [2.45, 2.75) is 19.3 Å². The lowest BCUT2D eigenvalue weighted by molar-refractivity contribution is 0.258. The molecule has 2 nitrogen and oxygen atoms in total. The summed E-state index contributed by atoms with van der Waals surface area (Å²) in [6.45, 7) is 3.35. The maximum atomic E-state index is 5.82. The molecule has 0 aliphatic carbocycles. The zero-order valence-corrected chi connectivity index (χ0v) is 14.2. The first-order chi connectivity index (χ1) is 11.4. The van der Waals surface area contributed by atoms with Crippen LogP contribution in [0.1, 0.15) is 30.5 Å². The molecule has 0 saturated carbocycles. The van der Waals surface area contributed by atoms with Crippen molar-refractivity contribution in [3.05, 3.63) is 71.6 Å². The Bertz CT molecular complexity index is 586. The monoisotopic (exact) mass is 326 g/mol. The second-order valence-electron chi connectivity index (χ2n) is 5.94. The molecule has 3 heteroatoms. The standard InChI is InChI=1S/C20H23ClN2/c21-12-6-14-23-15-10-18(11-16-23)20(17-7-2-1-3-8-17)19-9-4-5-13-22-19/h1-5,7-9,13H,6,10-12,14-16H2. The lowest BCUT2D eigenvalue weighted by Crippen LogP contribution is -2.32. The van der Waals surface area contributed by atoms with Crippen LogP contribution >= 0.6 is 11.6 Å². The normalized spacial score (nSPS) is 15.6. The first-order valence-electron chi connectivity index (χ1n) is 8.35. The van der Waals surface area contributed by atoms with Crippen LogP contribution in [-0.4, -0.2) is 35.4 Å². The number of nitrogens with zero attached hydrogens (tertiary/aromatic N) is 2. The summed E-state index contributed by atoms with van der Waals surface area (Å²) in [6, 6.07) is 16.8. The third kappa shape index (κ3) is 4.21. The van der Waals surface area contributed by atoms with Gasteiger partial charge < -0.3 is 4.90 Å². The van der Waals surface area contributed by atoms with E-state index in [4.69, 9.17) is 11.6 Å². The van der Waals surface area contributed by atoms with Crippen LogP contribution in [0.25, 0.3) is 5.57 Å². The highest BCUT2D eigenvalue weighted by atomic mass is 35.5. The molecule has 1 saturated heterocycles. The molecule has 23 heavy (non-hydrogen) atoms. The number of piperidine rings is 1. The van der Waals surface area contributed by atoms with Gasteiger partial charge in [-0.1, -0.05) is 42.0 Å². The summed E-state index contributed by atoms with van der Waals surface area (Å²) in [5.74, 6) is 0.752. The van der Waals surface area contributed by atoms with Crippen molar-refractivity contribution in [1.82, 2.24) is 9.88 Å². The number of rotatable bonds is 5.